The second kappa shape index (κ2) is 5.77. The van der Waals surface area contributed by atoms with Crippen molar-refractivity contribution in [3.63, 3.8) is 0 Å². The maximum Gasteiger partial charge on any atom is 0.228 e. The molecule has 0 radical (unpaired) electrons. The van der Waals surface area contributed by atoms with Crippen LogP contribution in [0.5, 0.6) is 0 Å². The minimum Gasteiger partial charge on any atom is -0.324 e. The van der Waals surface area contributed by atoms with E-state index in [0.29, 0.717) is 13.0 Å². The molecule has 1 aromatic heterocycles. The number of benzene rings is 1. The van der Waals surface area contributed by atoms with E-state index in [0.717, 1.165) is 11.4 Å². The summed E-state index contributed by atoms with van der Waals surface area (Å²) >= 11 is 1.26. The van der Waals surface area contributed by atoms with E-state index in [1.807, 2.05) is 53.4 Å². The number of hydrogen-bond acceptors (Lipinski definition) is 3. The minimum atomic E-state index is 0.0604. The third-order valence-electron chi connectivity index (χ3n) is 3.47. The van der Waals surface area contributed by atoms with Gasteiger partial charge in [0.25, 0.3) is 0 Å². The Morgan fingerprint density at radius 3 is 2.62 bits per heavy atom. The number of thioether (sulfide) groups is 1. The number of nitrogens with zero attached hydrogens (tertiary/aromatic N) is 2. The van der Waals surface area contributed by atoms with Gasteiger partial charge in [0.2, 0.25) is 5.91 Å². The number of aromatic nitrogens is 1. The molecule has 0 saturated carbocycles. The van der Waals surface area contributed by atoms with Crippen molar-refractivity contribution < 1.29 is 9.59 Å². The summed E-state index contributed by atoms with van der Waals surface area (Å²) in [5.41, 5.74) is 1.91. The second-order valence-electron chi connectivity index (χ2n) is 5.05. The molecule has 0 N–H and O–H groups in total. The minimum absolute atomic E-state index is 0.0604. The van der Waals surface area contributed by atoms with Gasteiger partial charge >= 0.3 is 0 Å². The first-order valence-corrected chi connectivity index (χ1v) is 7.72. The average molecular weight is 300 g/mol. The van der Waals surface area contributed by atoms with Crippen LogP contribution < -0.4 is 4.90 Å². The van der Waals surface area contributed by atoms with Crippen molar-refractivity contribution in [3.05, 3.63) is 48.8 Å². The summed E-state index contributed by atoms with van der Waals surface area (Å²) in [6.07, 6.45) is 4.37. The van der Waals surface area contributed by atoms with E-state index in [2.05, 4.69) is 0 Å². The van der Waals surface area contributed by atoms with Crippen LogP contribution in [-0.4, -0.2) is 27.4 Å². The predicted molar refractivity (Wildman–Crippen MR) is 84.8 cm³/mol. The van der Waals surface area contributed by atoms with Crippen LogP contribution in [0.4, 0.5) is 5.69 Å². The lowest BCUT2D eigenvalue weighted by atomic mass is 10.2. The molecule has 1 amide bonds. The van der Waals surface area contributed by atoms with Gasteiger partial charge in [-0.3, -0.25) is 9.59 Å². The molecule has 1 aliphatic rings. The zero-order chi connectivity index (χ0) is 14.8. The van der Waals surface area contributed by atoms with E-state index < -0.39 is 0 Å². The van der Waals surface area contributed by atoms with Crippen LogP contribution in [0.15, 0.2) is 48.8 Å². The maximum absolute atomic E-state index is 12.2. The molecular formula is C16H16N2O2S. The van der Waals surface area contributed by atoms with E-state index in [4.69, 9.17) is 0 Å². The van der Waals surface area contributed by atoms with Crippen LogP contribution in [-0.2, 0) is 9.59 Å². The molecule has 0 spiro atoms. The van der Waals surface area contributed by atoms with Gasteiger partial charge < -0.3 is 9.47 Å². The van der Waals surface area contributed by atoms with Crippen LogP contribution in [0.1, 0.15) is 13.3 Å². The number of hydrogen-bond donors (Lipinski definition) is 0. The Labute approximate surface area is 127 Å². The van der Waals surface area contributed by atoms with Crippen LogP contribution in [0, 0.1) is 0 Å². The van der Waals surface area contributed by atoms with E-state index in [9.17, 15) is 9.59 Å². The third kappa shape index (κ3) is 3.03. The Bertz CT molecular complexity index is 667. The lowest BCUT2D eigenvalue weighted by Crippen LogP contribution is -2.25. The quantitative estimate of drug-likeness (QED) is 0.875. The monoisotopic (exact) mass is 300 g/mol. The summed E-state index contributed by atoms with van der Waals surface area (Å²) in [7, 11) is 0. The summed E-state index contributed by atoms with van der Waals surface area (Å²) in [6.45, 7) is 2.14. The van der Waals surface area contributed by atoms with Crippen molar-refractivity contribution in [1.29, 1.82) is 0 Å². The summed E-state index contributed by atoms with van der Waals surface area (Å²) in [5.74, 6) is 0.0819. The molecule has 4 nitrogen and oxygen atoms in total. The average Bonchev–Trinajstić information content (AvgIpc) is 3.08. The summed E-state index contributed by atoms with van der Waals surface area (Å²) in [5, 5.41) is 0.126. The molecule has 1 fully saturated rings. The normalized spacial score (nSPS) is 18.2. The first-order valence-electron chi connectivity index (χ1n) is 6.84. The molecule has 0 aliphatic carbocycles. The number of carbonyl (C=O) groups excluding carboxylic acids is 2. The number of carbonyl (C=O) groups is 2. The molecule has 0 bridgehead atoms. The number of rotatable bonds is 3. The lowest BCUT2D eigenvalue weighted by molar-refractivity contribution is -0.117. The topological polar surface area (TPSA) is 42.3 Å². The van der Waals surface area contributed by atoms with Crippen molar-refractivity contribution in [1.82, 2.24) is 4.57 Å². The van der Waals surface area contributed by atoms with Gasteiger partial charge in [0.05, 0.1) is 0 Å². The van der Waals surface area contributed by atoms with Gasteiger partial charge in [-0.05, 0) is 30.3 Å². The molecule has 1 unspecified atom stereocenters. The molecule has 108 valence electrons. The van der Waals surface area contributed by atoms with Gasteiger partial charge in [0.15, 0.2) is 5.12 Å². The van der Waals surface area contributed by atoms with Crippen LogP contribution >= 0.6 is 11.8 Å². The highest BCUT2D eigenvalue weighted by Crippen LogP contribution is 2.29. The molecule has 1 saturated heterocycles. The summed E-state index contributed by atoms with van der Waals surface area (Å²) in [6, 6.07) is 11.8. The summed E-state index contributed by atoms with van der Waals surface area (Å²) in [4.78, 5) is 25.1. The van der Waals surface area contributed by atoms with Crippen LogP contribution in [0.25, 0.3) is 5.69 Å². The number of anilines is 1. The Kier molecular flexibility index (Phi) is 3.84. The van der Waals surface area contributed by atoms with Gasteiger partial charge in [0.1, 0.15) is 0 Å². The fourth-order valence-electron chi connectivity index (χ4n) is 2.57. The van der Waals surface area contributed by atoms with Crippen molar-refractivity contribution in [2.75, 3.05) is 11.4 Å². The molecule has 1 aliphatic heterocycles. The smallest absolute Gasteiger partial charge is 0.228 e. The Hall–Kier alpha value is -2.01. The fraction of sp³-hybridized carbons (Fsp3) is 0.250. The van der Waals surface area contributed by atoms with E-state index in [-0.39, 0.29) is 16.3 Å². The molecule has 1 atom stereocenters. The zero-order valence-electron chi connectivity index (χ0n) is 11.7. The SMILES string of the molecule is CC(=O)SC1CC(=O)N(c2cccc(-n3cccc3)c2)C1. The Morgan fingerprint density at radius 1 is 1.19 bits per heavy atom. The highest BCUT2D eigenvalue weighted by molar-refractivity contribution is 8.14. The Balaban J connectivity index is 1.82. The molecular weight excluding hydrogens is 284 g/mol. The molecule has 2 heterocycles. The van der Waals surface area contributed by atoms with E-state index >= 15 is 0 Å². The van der Waals surface area contributed by atoms with Crippen molar-refractivity contribution >= 4 is 28.5 Å². The largest absolute Gasteiger partial charge is 0.324 e. The first-order chi connectivity index (χ1) is 10.1. The second-order valence-corrected chi connectivity index (χ2v) is 6.53. The lowest BCUT2D eigenvalue weighted by Gasteiger charge is -2.17. The van der Waals surface area contributed by atoms with Gasteiger partial charge in [-0.25, -0.2) is 0 Å². The van der Waals surface area contributed by atoms with Crippen LogP contribution in [0.3, 0.4) is 0 Å². The van der Waals surface area contributed by atoms with Gasteiger partial charge in [0, 0.05) is 48.9 Å². The fourth-order valence-corrected chi connectivity index (χ4v) is 3.49. The molecule has 2 aromatic rings. The highest BCUT2D eigenvalue weighted by Gasteiger charge is 2.31. The van der Waals surface area contributed by atoms with E-state index in [1.54, 1.807) is 11.8 Å². The Morgan fingerprint density at radius 2 is 1.90 bits per heavy atom. The van der Waals surface area contributed by atoms with Crippen molar-refractivity contribution in [3.8, 4) is 5.69 Å². The molecule has 1 aromatic carbocycles. The third-order valence-corrected chi connectivity index (χ3v) is 4.45. The predicted octanol–water partition coefficient (Wildman–Crippen LogP) is 2.86. The van der Waals surface area contributed by atoms with E-state index in [1.165, 1.54) is 11.8 Å². The van der Waals surface area contributed by atoms with Crippen molar-refractivity contribution in [2.45, 2.75) is 18.6 Å². The van der Waals surface area contributed by atoms with Crippen molar-refractivity contribution in [2.24, 2.45) is 0 Å². The molecule has 21 heavy (non-hydrogen) atoms. The van der Waals surface area contributed by atoms with Crippen LogP contribution in [0.2, 0.25) is 0 Å². The molecule has 3 rings (SSSR count). The standard InChI is InChI=1S/C16H16N2O2S/c1-12(19)21-15-10-16(20)18(11-15)14-6-4-5-13(9-14)17-7-2-3-8-17/h2-9,15H,10-11H2,1H3. The maximum atomic E-state index is 12.2. The zero-order valence-corrected chi connectivity index (χ0v) is 12.5. The van der Waals surface area contributed by atoms with Gasteiger partial charge in [-0.15, -0.1) is 0 Å². The van der Waals surface area contributed by atoms with Gasteiger partial charge in [-0.2, -0.15) is 0 Å². The first kappa shape index (κ1) is 13.9. The summed E-state index contributed by atoms with van der Waals surface area (Å²) < 4.78 is 2.01. The molecule has 5 heteroatoms. The number of amides is 1. The highest BCUT2D eigenvalue weighted by atomic mass is 32.2. The van der Waals surface area contributed by atoms with Gasteiger partial charge in [-0.1, -0.05) is 17.8 Å².